The van der Waals surface area contributed by atoms with Crippen molar-refractivity contribution in [3.8, 4) is 11.5 Å². The highest BCUT2D eigenvalue weighted by Crippen LogP contribution is 2.31. The van der Waals surface area contributed by atoms with E-state index in [0.717, 1.165) is 45.2 Å². The van der Waals surface area contributed by atoms with E-state index in [9.17, 15) is 9.59 Å². The summed E-state index contributed by atoms with van der Waals surface area (Å²) in [6.07, 6.45) is 4.80. The summed E-state index contributed by atoms with van der Waals surface area (Å²) < 4.78 is 3.43. The molecule has 0 spiro atoms. The summed E-state index contributed by atoms with van der Waals surface area (Å²) in [7, 11) is 0. The number of amides is 1. The lowest BCUT2D eigenvalue weighted by atomic mass is 10.1. The Hall–Kier alpha value is -3.16. The fourth-order valence-electron chi connectivity index (χ4n) is 4.69. The van der Waals surface area contributed by atoms with Crippen LogP contribution in [-0.4, -0.2) is 49.0 Å². The van der Waals surface area contributed by atoms with E-state index in [-0.39, 0.29) is 23.5 Å². The van der Waals surface area contributed by atoms with Crippen molar-refractivity contribution in [2.45, 2.75) is 58.2 Å². The summed E-state index contributed by atoms with van der Waals surface area (Å²) >= 11 is 0. The van der Waals surface area contributed by atoms with Crippen LogP contribution in [-0.2, 0) is 19.5 Å². The smallest absolute Gasteiger partial charge is 0.331 e. The molecular formula is C23H28N6O2. The van der Waals surface area contributed by atoms with Gasteiger partial charge in [0.1, 0.15) is 11.5 Å². The lowest BCUT2D eigenvalue weighted by molar-refractivity contribution is 0.0713. The standard InChI is InChI=1S/C23H28N6O2/c1-2-11-28-21-18(25-19(26-21)22(30)27-12-7-4-8-13-27)20-24-17(15-29(20)23(28)31)14-16-9-5-3-6-10-16/h3,5-6,9-10,17,24H,2,4,7-8,11-15H2,1H3/t17-/m1/s1. The van der Waals surface area contributed by atoms with Crippen LogP contribution in [0.2, 0.25) is 0 Å². The lowest BCUT2D eigenvalue weighted by Crippen LogP contribution is -2.36. The summed E-state index contributed by atoms with van der Waals surface area (Å²) in [5.41, 5.74) is 1.74. The Bertz CT molecular complexity index is 1110. The van der Waals surface area contributed by atoms with Gasteiger partial charge in [-0.15, -0.1) is 0 Å². The van der Waals surface area contributed by atoms with Crippen molar-refractivity contribution in [3.63, 3.8) is 0 Å². The SMILES string of the molecule is CCCn1c2nc(C(=O)N3CCCCC3)nc-2c2n(c1=O)C[C@@H](Cc1ccccc1)N2. The van der Waals surface area contributed by atoms with Crippen molar-refractivity contribution in [1.82, 2.24) is 24.0 Å². The van der Waals surface area contributed by atoms with Crippen LogP contribution in [0.15, 0.2) is 35.1 Å². The normalized spacial score (nSPS) is 18.2. The van der Waals surface area contributed by atoms with E-state index in [1.807, 2.05) is 30.0 Å². The van der Waals surface area contributed by atoms with Crippen molar-refractivity contribution >= 4 is 11.7 Å². The minimum atomic E-state index is -0.135. The van der Waals surface area contributed by atoms with E-state index in [4.69, 9.17) is 0 Å². The summed E-state index contributed by atoms with van der Waals surface area (Å²) in [6, 6.07) is 10.3. The first-order valence-corrected chi connectivity index (χ1v) is 11.3. The number of carbonyl (C=O) groups is 1. The molecule has 0 aromatic heterocycles. The first kappa shape index (κ1) is 19.8. The van der Waals surface area contributed by atoms with Crippen LogP contribution in [0.5, 0.6) is 0 Å². The minimum Gasteiger partial charge on any atom is -0.365 e. The highest BCUT2D eigenvalue weighted by molar-refractivity contribution is 5.92. The van der Waals surface area contributed by atoms with Gasteiger partial charge in [-0.2, -0.15) is 0 Å². The highest BCUT2D eigenvalue weighted by atomic mass is 16.2. The predicted octanol–water partition coefficient (Wildman–Crippen LogP) is 2.62. The number of benzene rings is 1. The van der Waals surface area contributed by atoms with Crippen molar-refractivity contribution in [1.29, 1.82) is 0 Å². The number of fused-ring (bicyclic) bond motifs is 3. The van der Waals surface area contributed by atoms with E-state index >= 15 is 0 Å². The third-order valence-corrected chi connectivity index (χ3v) is 6.20. The molecule has 4 heterocycles. The van der Waals surface area contributed by atoms with Crippen molar-refractivity contribution in [2.24, 2.45) is 0 Å². The Labute approximate surface area is 181 Å². The molecule has 0 unspecified atom stereocenters. The Balaban J connectivity index is 1.52. The molecule has 162 valence electrons. The van der Waals surface area contributed by atoms with Gasteiger partial charge in [0.25, 0.3) is 5.91 Å². The zero-order valence-corrected chi connectivity index (χ0v) is 17.9. The van der Waals surface area contributed by atoms with Gasteiger partial charge in [-0.3, -0.25) is 13.9 Å². The number of likely N-dealkylation sites (tertiary alicyclic amines) is 1. The van der Waals surface area contributed by atoms with Crippen molar-refractivity contribution < 1.29 is 4.79 Å². The van der Waals surface area contributed by atoms with Crippen molar-refractivity contribution in [2.75, 3.05) is 18.4 Å². The number of hydrogen-bond donors (Lipinski definition) is 1. The minimum absolute atomic E-state index is 0.0914. The second kappa shape index (κ2) is 8.17. The van der Waals surface area contributed by atoms with Gasteiger partial charge in [-0.25, -0.2) is 14.8 Å². The maximum absolute atomic E-state index is 13.3. The Morgan fingerprint density at radius 1 is 1.13 bits per heavy atom. The number of hydrogen-bond acceptors (Lipinski definition) is 5. The average molecular weight is 421 g/mol. The van der Waals surface area contributed by atoms with E-state index in [0.29, 0.717) is 30.4 Å². The molecule has 1 atom stereocenters. The van der Waals surface area contributed by atoms with Crippen LogP contribution in [0.1, 0.15) is 48.8 Å². The van der Waals surface area contributed by atoms with Gasteiger partial charge < -0.3 is 10.2 Å². The van der Waals surface area contributed by atoms with Crippen LogP contribution < -0.4 is 11.0 Å². The quantitative estimate of drug-likeness (QED) is 0.686. The van der Waals surface area contributed by atoms with Crippen LogP contribution in [0, 0.1) is 0 Å². The predicted molar refractivity (Wildman–Crippen MR) is 119 cm³/mol. The summed E-state index contributed by atoms with van der Waals surface area (Å²) in [5.74, 6) is 1.25. The number of nitrogens with zero attached hydrogens (tertiary/aromatic N) is 5. The second-order valence-corrected chi connectivity index (χ2v) is 8.50. The van der Waals surface area contributed by atoms with E-state index in [1.165, 1.54) is 5.56 Å². The van der Waals surface area contributed by atoms with Gasteiger partial charge in [0, 0.05) is 32.2 Å². The topological polar surface area (TPSA) is 85.1 Å². The van der Waals surface area contributed by atoms with Crippen LogP contribution >= 0.6 is 0 Å². The number of anilines is 1. The van der Waals surface area contributed by atoms with E-state index < -0.39 is 0 Å². The van der Waals surface area contributed by atoms with Gasteiger partial charge in [-0.1, -0.05) is 37.3 Å². The van der Waals surface area contributed by atoms with Gasteiger partial charge in [-0.05, 0) is 37.7 Å². The van der Waals surface area contributed by atoms with Gasteiger partial charge >= 0.3 is 5.69 Å². The Morgan fingerprint density at radius 3 is 2.65 bits per heavy atom. The molecule has 1 aromatic carbocycles. The molecule has 4 aliphatic rings. The Morgan fingerprint density at radius 2 is 1.90 bits per heavy atom. The number of carbonyl (C=O) groups excluding carboxylic acids is 1. The highest BCUT2D eigenvalue weighted by Gasteiger charge is 2.33. The molecule has 0 saturated carbocycles. The van der Waals surface area contributed by atoms with Gasteiger partial charge in [0.05, 0.1) is 0 Å². The first-order valence-electron chi connectivity index (χ1n) is 11.3. The average Bonchev–Trinajstić information content (AvgIpc) is 3.42. The molecule has 1 amide bonds. The molecule has 1 saturated heterocycles. The molecule has 4 aliphatic heterocycles. The third-order valence-electron chi connectivity index (χ3n) is 6.20. The third kappa shape index (κ3) is 3.60. The number of imidazole rings is 1. The zero-order chi connectivity index (χ0) is 21.4. The largest absolute Gasteiger partial charge is 0.365 e. The molecule has 8 nitrogen and oxygen atoms in total. The van der Waals surface area contributed by atoms with E-state index in [1.54, 1.807) is 9.13 Å². The first-order chi connectivity index (χ1) is 15.2. The fourth-order valence-corrected chi connectivity index (χ4v) is 4.69. The van der Waals surface area contributed by atoms with E-state index in [2.05, 4.69) is 27.4 Å². The molecule has 0 radical (unpaired) electrons. The van der Waals surface area contributed by atoms with Gasteiger partial charge in [0.2, 0.25) is 5.82 Å². The molecule has 31 heavy (non-hydrogen) atoms. The molecule has 1 N–H and O–H groups in total. The van der Waals surface area contributed by atoms with Gasteiger partial charge in [0.15, 0.2) is 5.82 Å². The van der Waals surface area contributed by atoms with Crippen LogP contribution in [0.3, 0.4) is 0 Å². The van der Waals surface area contributed by atoms with Crippen LogP contribution in [0.4, 0.5) is 5.82 Å². The Kier molecular flexibility index (Phi) is 5.21. The van der Waals surface area contributed by atoms with Crippen molar-refractivity contribution in [3.05, 3.63) is 52.2 Å². The molecular weight excluding hydrogens is 392 g/mol. The molecule has 5 rings (SSSR count). The zero-order valence-electron chi connectivity index (χ0n) is 17.9. The molecule has 1 aromatic rings. The molecule has 8 heteroatoms. The summed E-state index contributed by atoms with van der Waals surface area (Å²) in [4.78, 5) is 37.3. The number of piperidine rings is 1. The molecule has 0 bridgehead atoms. The summed E-state index contributed by atoms with van der Waals surface area (Å²) in [6.45, 7) is 4.65. The number of aromatic nitrogens is 4. The van der Waals surface area contributed by atoms with Crippen LogP contribution in [0.25, 0.3) is 11.5 Å². The lowest BCUT2D eigenvalue weighted by Gasteiger charge is -2.25. The molecule has 1 fully saturated rings. The maximum atomic E-state index is 13.3. The monoisotopic (exact) mass is 420 g/mol. The number of nitrogens with one attached hydrogen (secondary N) is 1. The maximum Gasteiger partial charge on any atom is 0.331 e. The number of rotatable bonds is 5. The fraction of sp³-hybridized carbons (Fsp3) is 0.478. The second-order valence-electron chi connectivity index (χ2n) is 8.50. The molecule has 0 aliphatic carbocycles. The summed E-state index contributed by atoms with van der Waals surface area (Å²) in [5, 5.41) is 3.49.